The molecule has 2 aliphatic rings. The smallest absolute Gasteiger partial charge is 0.258 e. The Hall–Kier alpha value is -2.96. The van der Waals surface area contributed by atoms with Crippen LogP contribution in [-0.4, -0.2) is 34.1 Å². The summed E-state index contributed by atoms with van der Waals surface area (Å²) in [6.07, 6.45) is 5.66. The number of amides is 2. The first-order valence-electron chi connectivity index (χ1n) is 8.24. The number of nitrogens with zero attached hydrogens (tertiary/aromatic N) is 3. The molecular weight excluding hydrogens is 320 g/mol. The lowest BCUT2D eigenvalue weighted by Crippen LogP contribution is -2.31. The van der Waals surface area contributed by atoms with Gasteiger partial charge in [0, 0.05) is 6.42 Å². The molecule has 1 saturated heterocycles. The third-order valence-electron chi connectivity index (χ3n) is 4.76. The van der Waals surface area contributed by atoms with Crippen LogP contribution in [0.5, 0.6) is 5.75 Å². The van der Waals surface area contributed by atoms with E-state index in [4.69, 9.17) is 4.74 Å². The van der Waals surface area contributed by atoms with Crippen LogP contribution in [0.25, 0.3) is 0 Å². The van der Waals surface area contributed by atoms with Crippen molar-refractivity contribution in [2.24, 2.45) is 11.8 Å². The molecule has 7 heteroatoms. The van der Waals surface area contributed by atoms with Crippen LogP contribution in [0.2, 0.25) is 0 Å². The Morgan fingerprint density at radius 1 is 1.12 bits per heavy atom. The van der Waals surface area contributed by atoms with E-state index >= 15 is 0 Å². The first-order chi connectivity index (χ1) is 12.2. The zero-order valence-corrected chi connectivity index (χ0v) is 13.8. The van der Waals surface area contributed by atoms with E-state index in [9.17, 15) is 9.59 Å². The summed E-state index contributed by atoms with van der Waals surface area (Å²) < 4.78 is 5.14. The van der Waals surface area contributed by atoms with Crippen LogP contribution in [0.3, 0.4) is 0 Å². The molecule has 1 aliphatic heterocycles. The van der Waals surface area contributed by atoms with Crippen LogP contribution in [0.15, 0.2) is 36.4 Å². The van der Waals surface area contributed by atoms with Crippen LogP contribution < -0.4 is 9.64 Å². The standard InChI is InChI=1S/C18H18N4O3/c1-25-12-8-6-11(7-9-12)10-15-19-18(21-20-15)22-16(23)13-4-2-3-5-14(13)17(22)24/h2-3,6-9,13-14H,4-5,10H2,1H3,(H,19,20,21)/t13-,14+. The molecule has 128 valence electrons. The number of allylic oxidation sites excluding steroid dienone is 2. The number of fused-ring (bicyclic) bond motifs is 1. The van der Waals surface area contributed by atoms with Gasteiger partial charge in [-0.1, -0.05) is 24.3 Å². The second kappa shape index (κ2) is 6.16. The summed E-state index contributed by atoms with van der Waals surface area (Å²) in [6, 6.07) is 7.62. The first kappa shape index (κ1) is 15.6. The number of methoxy groups -OCH3 is 1. The van der Waals surface area contributed by atoms with Crippen molar-refractivity contribution in [1.29, 1.82) is 0 Å². The Labute approximate surface area is 144 Å². The molecule has 0 unspecified atom stereocenters. The van der Waals surface area contributed by atoms with E-state index in [2.05, 4.69) is 15.2 Å². The van der Waals surface area contributed by atoms with E-state index < -0.39 is 0 Å². The summed E-state index contributed by atoms with van der Waals surface area (Å²) in [5, 5.41) is 6.92. The van der Waals surface area contributed by atoms with E-state index in [1.165, 1.54) is 0 Å². The zero-order chi connectivity index (χ0) is 17.4. The summed E-state index contributed by atoms with van der Waals surface area (Å²) in [6.45, 7) is 0. The number of carbonyl (C=O) groups excluding carboxylic acids is 2. The SMILES string of the molecule is COc1ccc(Cc2nc(N3C(=O)[C@H]4CC=CC[C@H]4C3=O)n[nH]2)cc1. The van der Waals surface area contributed by atoms with Gasteiger partial charge in [0.05, 0.1) is 18.9 Å². The lowest BCUT2D eigenvalue weighted by Gasteiger charge is -2.14. The molecule has 2 aromatic rings. The van der Waals surface area contributed by atoms with Crippen molar-refractivity contribution in [3.05, 3.63) is 47.8 Å². The number of carbonyl (C=O) groups is 2. The van der Waals surface area contributed by atoms with Crippen LogP contribution in [0, 0.1) is 11.8 Å². The number of rotatable bonds is 4. The fourth-order valence-corrected chi connectivity index (χ4v) is 3.40. The molecule has 4 rings (SSSR count). The monoisotopic (exact) mass is 338 g/mol. The van der Waals surface area contributed by atoms with Gasteiger partial charge in [-0.2, -0.15) is 4.98 Å². The Morgan fingerprint density at radius 2 is 1.76 bits per heavy atom. The topological polar surface area (TPSA) is 88.2 Å². The van der Waals surface area contributed by atoms with Crippen molar-refractivity contribution in [2.75, 3.05) is 12.0 Å². The van der Waals surface area contributed by atoms with E-state index in [1.807, 2.05) is 36.4 Å². The molecule has 1 N–H and O–H groups in total. The number of hydrogen-bond donors (Lipinski definition) is 1. The quantitative estimate of drug-likeness (QED) is 0.679. The number of aromatic amines is 1. The van der Waals surface area contributed by atoms with Gasteiger partial charge in [0.1, 0.15) is 11.6 Å². The molecule has 0 radical (unpaired) electrons. The molecule has 1 fully saturated rings. The summed E-state index contributed by atoms with van der Waals surface area (Å²) in [5.41, 5.74) is 1.03. The number of benzene rings is 1. The number of ether oxygens (including phenoxy) is 1. The second-order valence-corrected chi connectivity index (χ2v) is 6.27. The van der Waals surface area contributed by atoms with Gasteiger partial charge >= 0.3 is 0 Å². The Bertz CT molecular complexity index is 814. The van der Waals surface area contributed by atoms with Crippen LogP contribution in [-0.2, 0) is 16.0 Å². The Balaban J connectivity index is 1.53. The van der Waals surface area contributed by atoms with E-state index in [1.54, 1.807) is 7.11 Å². The normalized spacial score (nSPS) is 22.4. The van der Waals surface area contributed by atoms with Gasteiger partial charge < -0.3 is 4.74 Å². The Morgan fingerprint density at radius 3 is 2.36 bits per heavy atom. The number of aromatic nitrogens is 3. The van der Waals surface area contributed by atoms with Gasteiger partial charge in [0.15, 0.2) is 0 Å². The van der Waals surface area contributed by atoms with Crippen molar-refractivity contribution in [3.8, 4) is 5.75 Å². The van der Waals surface area contributed by atoms with Crippen LogP contribution in [0.1, 0.15) is 24.2 Å². The number of imide groups is 1. The van der Waals surface area contributed by atoms with Crippen LogP contribution in [0.4, 0.5) is 5.95 Å². The van der Waals surface area contributed by atoms with Crippen molar-refractivity contribution in [1.82, 2.24) is 15.2 Å². The molecule has 25 heavy (non-hydrogen) atoms. The molecule has 1 aromatic carbocycles. The van der Waals surface area contributed by atoms with Crippen molar-refractivity contribution in [2.45, 2.75) is 19.3 Å². The van der Waals surface area contributed by atoms with Gasteiger partial charge in [-0.3, -0.25) is 14.7 Å². The third-order valence-corrected chi connectivity index (χ3v) is 4.76. The highest BCUT2D eigenvalue weighted by Crippen LogP contribution is 2.36. The maximum absolute atomic E-state index is 12.6. The second-order valence-electron chi connectivity index (χ2n) is 6.27. The largest absolute Gasteiger partial charge is 0.497 e. The minimum atomic E-state index is -0.277. The van der Waals surface area contributed by atoms with E-state index in [-0.39, 0.29) is 29.6 Å². The predicted molar refractivity (Wildman–Crippen MR) is 90.0 cm³/mol. The number of H-pyrrole nitrogens is 1. The molecule has 1 aliphatic carbocycles. The lowest BCUT2D eigenvalue weighted by atomic mass is 9.85. The van der Waals surface area contributed by atoms with Gasteiger partial charge in [-0.25, -0.2) is 4.90 Å². The van der Waals surface area contributed by atoms with Gasteiger partial charge in [-0.05, 0) is 30.5 Å². The number of nitrogens with one attached hydrogen (secondary N) is 1. The summed E-state index contributed by atoms with van der Waals surface area (Å²) in [5.74, 6) is 0.582. The number of anilines is 1. The first-order valence-corrected chi connectivity index (χ1v) is 8.24. The molecule has 7 nitrogen and oxygen atoms in total. The maximum atomic E-state index is 12.6. The maximum Gasteiger partial charge on any atom is 0.258 e. The third kappa shape index (κ3) is 2.71. The zero-order valence-electron chi connectivity index (χ0n) is 13.8. The highest BCUT2D eigenvalue weighted by atomic mass is 16.5. The fraction of sp³-hybridized carbons (Fsp3) is 0.333. The molecule has 0 spiro atoms. The van der Waals surface area contributed by atoms with Gasteiger partial charge in [-0.15, -0.1) is 5.10 Å². The summed E-state index contributed by atoms with van der Waals surface area (Å²) in [7, 11) is 1.62. The van der Waals surface area contributed by atoms with Crippen molar-refractivity contribution < 1.29 is 14.3 Å². The molecule has 0 bridgehead atoms. The highest BCUT2D eigenvalue weighted by molar-refractivity contribution is 6.21. The van der Waals surface area contributed by atoms with Gasteiger partial charge in [0.25, 0.3) is 5.95 Å². The summed E-state index contributed by atoms with van der Waals surface area (Å²) >= 11 is 0. The predicted octanol–water partition coefficient (Wildman–Crippen LogP) is 1.86. The lowest BCUT2D eigenvalue weighted by molar-refractivity contribution is -0.122. The van der Waals surface area contributed by atoms with Gasteiger partial charge in [0.2, 0.25) is 11.8 Å². The number of hydrogen-bond acceptors (Lipinski definition) is 5. The Kier molecular flexibility index (Phi) is 3.83. The molecular formula is C18H18N4O3. The van der Waals surface area contributed by atoms with E-state index in [0.29, 0.717) is 25.1 Å². The molecule has 0 saturated carbocycles. The van der Waals surface area contributed by atoms with E-state index in [0.717, 1.165) is 16.2 Å². The molecule has 2 heterocycles. The minimum absolute atomic E-state index is 0.146. The van der Waals surface area contributed by atoms with Crippen molar-refractivity contribution in [3.63, 3.8) is 0 Å². The van der Waals surface area contributed by atoms with Crippen LogP contribution >= 0.6 is 0 Å². The molecule has 2 atom stereocenters. The summed E-state index contributed by atoms with van der Waals surface area (Å²) in [4.78, 5) is 30.6. The highest BCUT2D eigenvalue weighted by Gasteiger charge is 2.49. The molecule has 1 aromatic heterocycles. The minimum Gasteiger partial charge on any atom is -0.497 e. The van der Waals surface area contributed by atoms with Crippen molar-refractivity contribution >= 4 is 17.8 Å². The molecule has 2 amide bonds. The fourth-order valence-electron chi connectivity index (χ4n) is 3.40. The average Bonchev–Trinajstić information content (AvgIpc) is 3.19. The average molecular weight is 338 g/mol.